The van der Waals surface area contributed by atoms with Gasteiger partial charge >= 0.3 is 6.09 Å². The third kappa shape index (κ3) is 8.34. The summed E-state index contributed by atoms with van der Waals surface area (Å²) < 4.78 is 16.0. The molecular weight excluding hydrogens is 544 g/mol. The number of ether oxygens (including phenoxy) is 2. The zero-order chi connectivity index (χ0) is 29.2. The van der Waals surface area contributed by atoms with E-state index in [9.17, 15) is 14.4 Å². The van der Waals surface area contributed by atoms with Crippen molar-refractivity contribution in [2.24, 2.45) is 16.6 Å². The number of para-hydroxylation sites is 2. The molecule has 3 heterocycles. The second kappa shape index (κ2) is 14.7. The molecule has 1 saturated heterocycles. The number of fused-ring (bicyclic) bond motifs is 2. The maximum absolute atomic E-state index is 12.2. The zero-order valence-electron chi connectivity index (χ0n) is 23.4. The molecule has 5 rings (SSSR count). The lowest BCUT2D eigenvalue weighted by Crippen LogP contribution is -2.38. The van der Waals surface area contributed by atoms with Crippen molar-refractivity contribution in [1.29, 1.82) is 0 Å². The number of hydrogen-bond donors (Lipinski definition) is 2. The fraction of sp³-hybridized carbons (Fsp3) is 0.400. The van der Waals surface area contributed by atoms with Gasteiger partial charge in [0.15, 0.2) is 0 Å². The van der Waals surface area contributed by atoms with E-state index in [2.05, 4.69) is 41.7 Å². The summed E-state index contributed by atoms with van der Waals surface area (Å²) in [5.41, 5.74) is 8.53. The number of nitrogens with two attached hydrogens (primary N) is 1. The summed E-state index contributed by atoms with van der Waals surface area (Å²) in [6.07, 6.45) is 5.27. The van der Waals surface area contributed by atoms with E-state index in [1.54, 1.807) is 40.9 Å². The summed E-state index contributed by atoms with van der Waals surface area (Å²) in [7, 11) is 0. The number of amides is 3. The Morgan fingerprint density at radius 2 is 1.83 bits per heavy atom. The van der Waals surface area contributed by atoms with Gasteiger partial charge in [-0.05, 0) is 48.8 Å². The van der Waals surface area contributed by atoms with Crippen LogP contribution in [0.4, 0.5) is 16.2 Å². The number of carbonyl (C=O) groups is 3. The number of anilines is 1. The number of rotatable bonds is 8. The standard InChI is InChI=1S/C21H27N3O6.C9H9NS/c1-14-7-9-24(10-8-14)21(27)29-12-4-11-28-13-17(25)23-18-15-5-2-3-6-16(15)30-19(18)20(22)26;1-11-9-6-7-4-2-3-5-8(7)10-9/h2-3,5-6,14H,4,7-13H2,1H3,(H2,22,26)(H,23,25);2-5H,6H2,1H3. The van der Waals surface area contributed by atoms with Crippen molar-refractivity contribution >= 4 is 57.1 Å². The minimum atomic E-state index is -0.771. The highest BCUT2D eigenvalue weighted by atomic mass is 32.2. The predicted molar refractivity (Wildman–Crippen MR) is 161 cm³/mol. The van der Waals surface area contributed by atoms with Crippen LogP contribution in [0, 0.1) is 5.92 Å². The highest BCUT2D eigenvalue weighted by Gasteiger charge is 2.22. The van der Waals surface area contributed by atoms with E-state index in [-0.39, 0.29) is 37.4 Å². The van der Waals surface area contributed by atoms with Crippen molar-refractivity contribution in [2.75, 3.05) is 44.5 Å². The normalized spacial score (nSPS) is 14.6. The fourth-order valence-corrected chi connectivity index (χ4v) is 5.00. The van der Waals surface area contributed by atoms with Crippen LogP contribution in [0.15, 0.2) is 57.9 Å². The number of aliphatic imine (C=N–C) groups is 1. The highest BCUT2D eigenvalue weighted by molar-refractivity contribution is 8.13. The molecule has 0 bridgehead atoms. The number of primary amides is 1. The molecule has 218 valence electrons. The fourth-order valence-electron chi connectivity index (χ4n) is 4.51. The van der Waals surface area contributed by atoms with Gasteiger partial charge in [-0.2, -0.15) is 0 Å². The van der Waals surface area contributed by atoms with Gasteiger partial charge in [-0.1, -0.05) is 37.3 Å². The number of furan rings is 1. The van der Waals surface area contributed by atoms with Gasteiger partial charge in [-0.15, -0.1) is 11.8 Å². The molecule has 3 N–H and O–H groups in total. The molecule has 0 radical (unpaired) electrons. The van der Waals surface area contributed by atoms with Crippen LogP contribution in [0.1, 0.15) is 42.3 Å². The lowest BCUT2D eigenvalue weighted by atomic mass is 10.00. The molecule has 1 fully saturated rings. The van der Waals surface area contributed by atoms with Crippen LogP contribution in [0.2, 0.25) is 0 Å². The third-order valence-electron chi connectivity index (χ3n) is 6.83. The molecule has 2 aliphatic rings. The van der Waals surface area contributed by atoms with E-state index < -0.39 is 11.8 Å². The zero-order valence-corrected chi connectivity index (χ0v) is 24.2. The van der Waals surface area contributed by atoms with Crippen LogP contribution in [-0.4, -0.2) is 67.0 Å². The summed E-state index contributed by atoms with van der Waals surface area (Å²) in [5.74, 6) is -0.674. The molecule has 3 aromatic rings. The first-order valence-electron chi connectivity index (χ1n) is 13.7. The number of likely N-dealkylation sites (tertiary alicyclic amines) is 1. The topological polar surface area (TPSA) is 136 Å². The maximum Gasteiger partial charge on any atom is 0.409 e. The Labute approximate surface area is 243 Å². The molecule has 2 aliphatic heterocycles. The van der Waals surface area contributed by atoms with Crippen LogP contribution >= 0.6 is 11.8 Å². The van der Waals surface area contributed by atoms with Gasteiger partial charge in [-0.3, -0.25) is 9.59 Å². The smallest absolute Gasteiger partial charge is 0.409 e. The lowest BCUT2D eigenvalue weighted by molar-refractivity contribution is -0.120. The molecule has 0 atom stereocenters. The number of thioether (sulfide) groups is 1. The summed E-state index contributed by atoms with van der Waals surface area (Å²) in [6.45, 7) is 3.91. The summed E-state index contributed by atoms with van der Waals surface area (Å²) in [4.78, 5) is 41.9. The Morgan fingerprint density at radius 1 is 1.10 bits per heavy atom. The summed E-state index contributed by atoms with van der Waals surface area (Å²) in [6, 6.07) is 15.2. The van der Waals surface area contributed by atoms with Crippen LogP contribution in [-0.2, 0) is 20.7 Å². The van der Waals surface area contributed by atoms with Gasteiger partial charge in [-0.25, -0.2) is 9.79 Å². The Balaban J connectivity index is 0.000000291. The number of piperidine rings is 1. The third-order valence-corrected chi connectivity index (χ3v) is 7.54. The van der Waals surface area contributed by atoms with Crippen LogP contribution in [0.5, 0.6) is 0 Å². The summed E-state index contributed by atoms with van der Waals surface area (Å²) >= 11 is 1.74. The van der Waals surface area contributed by atoms with Crippen LogP contribution in [0.3, 0.4) is 0 Å². The van der Waals surface area contributed by atoms with E-state index in [0.29, 0.717) is 23.3 Å². The Kier molecular flexibility index (Phi) is 10.8. The molecule has 3 amide bonds. The van der Waals surface area contributed by atoms with Crippen molar-refractivity contribution in [1.82, 2.24) is 4.90 Å². The molecule has 2 aromatic carbocycles. The SMILES string of the molecule is CC1CCN(C(=O)OCCCOCC(=O)Nc2c(C(N)=O)oc3ccccc23)CC1.CSC1=Nc2ccccc2C1. The average molecular weight is 581 g/mol. The van der Waals surface area contributed by atoms with Gasteiger partial charge in [0.1, 0.15) is 17.9 Å². The molecular formula is C30H36N4O6S. The van der Waals surface area contributed by atoms with Crippen molar-refractivity contribution in [2.45, 2.75) is 32.6 Å². The molecule has 0 spiro atoms. The monoisotopic (exact) mass is 580 g/mol. The van der Waals surface area contributed by atoms with Gasteiger partial charge in [0.25, 0.3) is 5.91 Å². The second-order valence-corrected chi connectivity index (χ2v) is 10.8. The van der Waals surface area contributed by atoms with Gasteiger partial charge in [0.2, 0.25) is 11.7 Å². The number of nitrogens with zero attached hydrogens (tertiary/aromatic N) is 2. The van der Waals surface area contributed by atoms with Gasteiger partial charge in [0.05, 0.1) is 23.9 Å². The quantitative estimate of drug-likeness (QED) is 0.341. The Bertz CT molecular complexity index is 1400. The first-order valence-corrected chi connectivity index (χ1v) is 14.9. The number of nitrogens with one attached hydrogen (secondary N) is 1. The van der Waals surface area contributed by atoms with Crippen LogP contribution < -0.4 is 11.1 Å². The molecule has 0 aliphatic carbocycles. The summed E-state index contributed by atoms with van der Waals surface area (Å²) in [5, 5.41) is 4.43. The number of carbonyl (C=O) groups excluding carboxylic acids is 3. The van der Waals surface area contributed by atoms with Crippen LogP contribution in [0.25, 0.3) is 11.0 Å². The molecule has 0 saturated carbocycles. The first-order chi connectivity index (χ1) is 19.9. The van der Waals surface area contributed by atoms with Crippen molar-refractivity contribution in [3.63, 3.8) is 0 Å². The largest absolute Gasteiger partial charge is 0.449 e. The van der Waals surface area contributed by atoms with E-state index in [0.717, 1.165) is 38.0 Å². The number of hydrogen-bond acceptors (Lipinski definition) is 8. The van der Waals surface area contributed by atoms with E-state index in [4.69, 9.17) is 19.6 Å². The van der Waals surface area contributed by atoms with E-state index in [1.165, 1.54) is 10.6 Å². The maximum atomic E-state index is 12.2. The Morgan fingerprint density at radius 3 is 2.56 bits per heavy atom. The predicted octanol–water partition coefficient (Wildman–Crippen LogP) is 5.38. The number of benzene rings is 2. The van der Waals surface area contributed by atoms with Crippen molar-refractivity contribution < 1.29 is 28.3 Å². The molecule has 10 nitrogen and oxygen atoms in total. The van der Waals surface area contributed by atoms with Crippen molar-refractivity contribution in [3.05, 3.63) is 59.9 Å². The van der Waals surface area contributed by atoms with Crippen molar-refractivity contribution in [3.8, 4) is 0 Å². The first kappa shape index (κ1) is 30.1. The van der Waals surface area contributed by atoms with E-state index in [1.807, 2.05) is 6.07 Å². The second-order valence-electron chi connectivity index (χ2n) is 9.92. The van der Waals surface area contributed by atoms with Gasteiger partial charge < -0.3 is 29.8 Å². The average Bonchev–Trinajstić information content (AvgIpc) is 3.57. The van der Waals surface area contributed by atoms with E-state index >= 15 is 0 Å². The molecule has 11 heteroatoms. The minimum absolute atomic E-state index is 0.108. The molecule has 0 unspecified atom stereocenters. The lowest BCUT2D eigenvalue weighted by Gasteiger charge is -2.29. The molecule has 41 heavy (non-hydrogen) atoms. The Hall–Kier alpha value is -3.83. The molecule has 1 aromatic heterocycles. The minimum Gasteiger partial charge on any atom is -0.449 e. The van der Waals surface area contributed by atoms with Gasteiger partial charge in [0, 0.05) is 31.3 Å². The highest BCUT2D eigenvalue weighted by Crippen LogP contribution is 2.31.